The maximum Gasteiger partial charge on any atom is 0.417 e. The van der Waals surface area contributed by atoms with E-state index in [1.54, 1.807) is 12.1 Å². The lowest BCUT2D eigenvalue weighted by Gasteiger charge is -2.57. The lowest BCUT2D eigenvalue weighted by Crippen LogP contribution is -2.55. The Balaban J connectivity index is 1.26. The van der Waals surface area contributed by atoms with E-state index in [0.29, 0.717) is 29.7 Å². The minimum atomic E-state index is -4.55. The number of hydrogen-bond acceptors (Lipinski definition) is 3. The highest BCUT2D eigenvalue weighted by molar-refractivity contribution is 5.80. The van der Waals surface area contributed by atoms with Crippen LogP contribution in [0.1, 0.15) is 88.8 Å². The van der Waals surface area contributed by atoms with Crippen molar-refractivity contribution in [2.75, 3.05) is 0 Å². The molecular formula is C29H37F3N2O2. The molecular weight excluding hydrogens is 465 g/mol. The van der Waals surface area contributed by atoms with Crippen molar-refractivity contribution in [3.63, 3.8) is 0 Å². The molecule has 0 saturated heterocycles. The third kappa shape index (κ3) is 4.14. The van der Waals surface area contributed by atoms with E-state index in [2.05, 4.69) is 18.3 Å². The van der Waals surface area contributed by atoms with Crippen molar-refractivity contribution in [3.8, 4) is 6.07 Å². The van der Waals surface area contributed by atoms with Crippen LogP contribution in [0.4, 0.5) is 13.2 Å². The highest BCUT2D eigenvalue weighted by atomic mass is 19.4. The average Bonchev–Trinajstić information content (AvgIpc) is 3.20. The molecule has 1 aromatic rings. The molecule has 196 valence electrons. The molecule has 4 saturated carbocycles. The summed E-state index contributed by atoms with van der Waals surface area (Å²) in [6.45, 7) is 4.24. The molecule has 4 fully saturated rings. The third-order valence-corrected chi connectivity index (χ3v) is 10.8. The second-order valence-corrected chi connectivity index (χ2v) is 12.3. The van der Waals surface area contributed by atoms with Gasteiger partial charge in [0.05, 0.1) is 17.7 Å². The number of rotatable bonds is 3. The van der Waals surface area contributed by atoms with Crippen molar-refractivity contribution >= 4 is 5.91 Å². The first kappa shape index (κ1) is 25.6. The molecule has 1 aromatic carbocycles. The molecule has 4 nitrogen and oxygen atoms in total. The molecule has 5 rings (SSSR count). The zero-order valence-corrected chi connectivity index (χ0v) is 21.2. The maximum atomic E-state index is 13.5. The van der Waals surface area contributed by atoms with Crippen LogP contribution >= 0.6 is 0 Å². The molecule has 4 aliphatic carbocycles. The molecule has 0 heterocycles. The van der Waals surface area contributed by atoms with Crippen LogP contribution < -0.4 is 5.32 Å². The zero-order chi connectivity index (χ0) is 25.9. The van der Waals surface area contributed by atoms with Crippen molar-refractivity contribution in [2.24, 2.45) is 40.9 Å². The molecule has 36 heavy (non-hydrogen) atoms. The predicted molar refractivity (Wildman–Crippen MR) is 129 cm³/mol. The number of nitriles is 1. The van der Waals surface area contributed by atoms with E-state index in [-0.39, 0.29) is 48.0 Å². The number of benzene rings is 1. The Morgan fingerprint density at radius 2 is 1.75 bits per heavy atom. The number of hydrogen-bond donors (Lipinski definition) is 2. The van der Waals surface area contributed by atoms with Gasteiger partial charge in [0.15, 0.2) is 5.60 Å². The van der Waals surface area contributed by atoms with Gasteiger partial charge in [-0.3, -0.25) is 4.79 Å². The molecule has 0 aliphatic heterocycles. The van der Waals surface area contributed by atoms with Crippen molar-refractivity contribution in [1.82, 2.24) is 5.32 Å². The fourth-order valence-electron chi connectivity index (χ4n) is 8.81. The van der Waals surface area contributed by atoms with Gasteiger partial charge in [-0.25, -0.2) is 0 Å². The van der Waals surface area contributed by atoms with Gasteiger partial charge in [-0.2, -0.15) is 18.4 Å². The summed E-state index contributed by atoms with van der Waals surface area (Å²) in [5.41, 5.74) is -1.04. The number of fused-ring (bicyclic) bond motifs is 5. The van der Waals surface area contributed by atoms with Crippen LogP contribution in [0.25, 0.3) is 0 Å². The quantitative estimate of drug-likeness (QED) is 0.510. The van der Waals surface area contributed by atoms with E-state index in [1.807, 2.05) is 19.1 Å². The van der Waals surface area contributed by atoms with Crippen LogP contribution in [-0.2, 0) is 4.79 Å². The van der Waals surface area contributed by atoms with Crippen LogP contribution in [0.5, 0.6) is 0 Å². The summed E-state index contributed by atoms with van der Waals surface area (Å²) in [5, 5.41) is 22.6. The maximum absolute atomic E-state index is 13.5. The number of carbonyl (C=O) groups is 1. The van der Waals surface area contributed by atoms with E-state index in [9.17, 15) is 23.1 Å². The number of amides is 1. The van der Waals surface area contributed by atoms with E-state index in [4.69, 9.17) is 5.26 Å². The summed E-state index contributed by atoms with van der Waals surface area (Å²) in [6, 6.07) is 9.28. The van der Waals surface area contributed by atoms with Gasteiger partial charge in [-0.15, -0.1) is 0 Å². The summed E-state index contributed by atoms with van der Waals surface area (Å²) >= 11 is 0. The molecule has 9 atom stereocenters. The lowest BCUT2D eigenvalue weighted by molar-refractivity contribution is -0.282. The number of nitrogens with one attached hydrogen (secondary N) is 1. The van der Waals surface area contributed by atoms with Gasteiger partial charge in [-0.05, 0) is 117 Å². The first-order valence-corrected chi connectivity index (χ1v) is 13.6. The van der Waals surface area contributed by atoms with Crippen LogP contribution in [0.2, 0.25) is 0 Å². The van der Waals surface area contributed by atoms with E-state index >= 15 is 0 Å². The average molecular weight is 503 g/mol. The number of halogens is 3. The van der Waals surface area contributed by atoms with Gasteiger partial charge in [-0.1, -0.05) is 19.1 Å². The fourth-order valence-corrected chi connectivity index (χ4v) is 8.81. The molecule has 1 amide bonds. The van der Waals surface area contributed by atoms with E-state index < -0.39 is 11.8 Å². The molecule has 0 aromatic heterocycles. The van der Waals surface area contributed by atoms with Crippen molar-refractivity contribution in [1.29, 1.82) is 5.26 Å². The second kappa shape index (κ2) is 9.04. The predicted octanol–water partition coefficient (Wildman–Crippen LogP) is 6.30. The van der Waals surface area contributed by atoms with Crippen LogP contribution in [0.3, 0.4) is 0 Å². The summed E-state index contributed by atoms with van der Waals surface area (Å²) in [5.74, 6) is 1.57. The van der Waals surface area contributed by atoms with Gasteiger partial charge >= 0.3 is 6.18 Å². The Bertz CT molecular complexity index is 1030. The van der Waals surface area contributed by atoms with E-state index in [1.165, 1.54) is 0 Å². The molecule has 4 aliphatic rings. The summed E-state index contributed by atoms with van der Waals surface area (Å²) in [4.78, 5) is 13.5. The first-order chi connectivity index (χ1) is 17.0. The largest absolute Gasteiger partial charge is 0.417 e. The first-order valence-electron chi connectivity index (χ1n) is 13.6. The fraction of sp³-hybridized carbons (Fsp3) is 0.724. The minimum Gasteiger partial charge on any atom is -0.380 e. The van der Waals surface area contributed by atoms with Crippen molar-refractivity contribution < 1.29 is 23.1 Å². The Morgan fingerprint density at radius 1 is 1.06 bits per heavy atom. The van der Waals surface area contributed by atoms with Crippen LogP contribution in [-0.4, -0.2) is 22.8 Å². The molecule has 7 heteroatoms. The van der Waals surface area contributed by atoms with Gasteiger partial charge in [0.25, 0.3) is 0 Å². The monoisotopic (exact) mass is 502 g/mol. The normalized spacial score (nSPS) is 40.8. The summed E-state index contributed by atoms with van der Waals surface area (Å²) in [6.07, 6.45) is 1.01. The number of aliphatic hydroxyl groups is 1. The molecule has 0 bridgehead atoms. The molecule has 0 spiro atoms. The van der Waals surface area contributed by atoms with Crippen LogP contribution in [0, 0.1) is 52.3 Å². The minimum absolute atomic E-state index is 0.0512. The van der Waals surface area contributed by atoms with Gasteiger partial charge in [0.1, 0.15) is 0 Å². The zero-order valence-electron chi connectivity index (χ0n) is 21.2. The lowest BCUT2D eigenvalue weighted by atomic mass is 9.49. The molecule has 2 N–H and O–H groups in total. The van der Waals surface area contributed by atoms with Crippen LogP contribution in [0.15, 0.2) is 24.3 Å². The van der Waals surface area contributed by atoms with Crippen molar-refractivity contribution in [3.05, 3.63) is 35.4 Å². The topological polar surface area (TPSA) is 73.1 Å². The van der Waals surface area contributed by atoms with Gasteiger partial charge < -0.3 is 10.4 Å². The highest BCUT2D eigenvalue weighted by Gasteiger charge is 2.62. The second-order valence-electron chi connectivity index (χ2n) is 12.3. The van der Waals surface area contributed by atoms with Gasteiger partial charge in [0, 0.05) is 5.92 Å². The Kier molecular flexibility index (Phi) is 6.42. The smallest absolute Gasteiger partial charge is 0.380 e. The van der Waals surface area contributed by atoms with Gasteiger partial charge in [0.2, 0.25) is 5.91 Å². The number of alkyl halides is 3. The summed E-state index contributed by atoms with van der Waals surface area (Å²) < 4.78 is 40.5. The SMILES string of the molecule is C[C@H](NC(=O)[C@H]1CC[C@H]2[C@@H]3CC[C@@H]4C[C@@](O)(C(F)(F)F)CCC4[C@H]3CC[C@]12C)c1ccc(C#N)cc1. The Morgan fingerprint density at radius 3 is 2.42 bits per heavy atom. The number of carbonyl (C=O) groups excluding carboxylic acids is 1. The highest BCUT2D eigenvalue weighted by Crippen LogP contribution is 2.65. The third-order valence-electron chi connectivity index (χ3n) is 10.8. The number of nitrogens with zero attached hydrogens (tertiary/aromatic N) is 1. The Hall–Kier alpha value is -2.07. The van der Waals surface area contributed by atoms with E-state index in [0.717, 1.165) is 44.1 Å². The Labute approximate surface area is 211 Å². The standard InChI is InChI=1S/C29H37F3N2O2/c1-17(19-5-3-18(16-33)4-6-19)34-26(35)25-10-9-24-23-8-7-20-15-28(36,29(30,31)32)14-12-21(20)22(23)11-13-27(24,25)2/h3-6,17,20-25,36H,7-15H2,1-2H3,(H,34,35)/t17-,20+,21?,22+,23+,24-,25+,27-,28+/m0/s1. The molecule has 0 radical (unpaired) electrons. The summed E-state index contributed by atoms with van der Waals surface area (Å²) in [7, 11) is 0. The molecule has 1 unspecified atom stereocenters. The van der Waals surface area contributed by atoms with Crippen molar-refractivity contribution in [2.45, 2.75) is 89.5 Å².